The van der Waals surface area contributed by atoms with Crippen molar-refractivity contribution in [2.45, 2.75) is 5.92 Å². The zero-order valence-corrected chi connectivity index (χ0v) is 19.6. The van der Waals surface area contributed by atoms with Crippen LogP contribution in [-0.4, -0.2) is 37.1 Å². The number of carbonyl (C=O) groups excluding carboxylic acids is 2. The third-order valence-electron chi connectivity index (χ3n) is 5.11. The highest BCUT2D eigenvalue weighted by Gasteiger charge is 2.35. The zero-order valence-electron chi connectivity index (χ0n) is 16.6. The van der Waals surface area contributed by atoms with Crippen LogP contribution in [0.15, 0.2) is 66.7 Å². The molecular weight excluding hydrogens is 545 g/mol. The van der Waals surface area contributed by atoms with Crippen molar-refractivity contribution < 1.29 is 27.3 Å². The molecule has 1 aliphatic carbocycles. The first-order valence-corrected chi connectivity index (χ1v) is 12.4. The Balaban J connectivity index is 1.62. The molecule has 3 aromatic carbocycles. The molecule has 7 nitrogen and oxygen atoms in total. The van der Waals surface area contributed by atoms with E-state index in [4.69, 9.17) is 9.29 Å². The van der Waals surface area contributed by atoms with Crippen molar-refractivity contribution >= 4 is 44.6 Å². The number of fused-ring (bicyclic) bond motifs is 3. The molecule has 0 heterocycles. The first-order chi connectivity index (χ1) is 15.2. The molecule has 0 fully saturated rings. The molecule has 0 unspecified atom stereocenters. The van der Waals surface area contributed by atoms with Crippen molar-refractivity contribution in [2.24, 2.45) is 0 Å². The highest BCUT2D eigenvalue weighted by Crippen LogP contribution is 2.45. The van der Waals surface area contributed by atoms with Crippen LogP contribution in [0.25, 0.3) is 11.1 Å². The highest BCUT2D eigenvalue weighted by atomic mass is 127. The Morgan fingerprint density at radius 2 is 1.56 bits per heavy atom. The molecule has 4 rings (SSSR count). The minimum absolute atomic E-state index is 0.0770. The van der Waals surface area contributed by atoms with Gasteiger partial charge in [0.2, 0.25) is 0 Å². The minimum atomic E-state index is -4.21. The second-order valence-corrected chi connectivity index (χ2v) is 10.0. The molecule has 0 aliphatic heterocycles. The van der Waals surface area contributed by atoms with Crippen LogP contribution >= 0.6 is 22.6 Å². The molecule has 0 bridgehead atoms. The summed E-state index contributed by atoms with van der Waals surface area (Å²) in [6, 6.07) is 20.0. The van der Waals surface area contributed by atoms with Gasteiger partial charge in [0.15, 0.2) is 0 Å². The Hall–Kier alpha value is -2.76. The molecule has 0 aromatic heterocycles. The van der Waals surface area contributed by atoms with Crippen LogP contribution in [0.1, 0.15) is 27.4 Å². The Kier molecular flexibility index (Phi) is 6.31. The van der Waals surface area contributed by atoms with Gasteiger partial charge in [0.25, 0.3) is 16.0 Å². The summed E-state index contributed by atoms with van der Waals surface area (Å²) in [6.07, 6.45) is 0. The maximum Gasteiger partial charge on any atom is 0.323 e. The smallest absolute Gasteiger partial charge is 0.323 e. The molecule has 0 saturated carbocycles. The van der Waals surface area contributed by atoms with Crippen LogP contribution in [0.4, 0.5) is 0 Å². The molecule has 0 saturated heterocycles. The quantitative estimate of drug-likeness (QED) is 0.205. The van der Waals surface area contributed by atoms with Gasteiger partial charge >= 0.3 is 5.97 Å². The molecule has 0 radical (unpaired) electrons. The summed E-state index contributed by atoms with van der Waals surface area (Å²) in [5.41, 5.74) is 3.70. The average Bonchev–Trinajstić information content (AvgIpc) is 3.07. The van der Waals surface area contributed by atoms with Gasteiger partial charge in [0.05, 0.1) is 11.3 Å². The van der Waals surface area contributed by atoms with Gasteiger partial charge in [-0.25, -0.2) is 0 Å². The van der Waals surface area contributed by atoms with E-state index >= 15 is 0 Å². The molecule has 2 N–H and O–H groups in total. The van der Waals surface area contributed by atoms with Crippen LogP contribution in [0.3, 0.4) is 0 Å². The number of benzene rings is 3. The van der Waals surface area contributed by atoms with Gasteiger partial charge in [0, 0.05) is 10.1 Å². The lowest BCUT2D eigenvalue weighted by atomic mass is 9.97. The summed E-state index contributed by atoms with van der Waals surface area (Å²) in [4.78, 5) is 25.9. The van der Waals surface area contributed by atoms with Crippen molar-refractivity contribution in [1.29, 1.82) is 0 Å². The number of rotatable bonds is 6. The molecule has 1 amide bonds. The van der Waals surface area contributed by atoms with Crippen molar-refractivity contribution in [1.82, 2.24) is 5.32 Å². The maximum absolute atomic E-state index is 13.3. The number of ether oxygens (including phenoxy) is 1. The largest absolute Gasteiger partial charge is 0.425 e. The fourth-order valence-electron chi connectivity index (χ4n) is 3.73. The van der Waals surface area contributed by atoms with E-state index in [1.54, 1.807) is 12.1 Å². The summed E-state index contributed by atoms with van der Waals surface area (Å²) in [6.45, 7) is -0.277. The maximum atomic E-state index is 13.3. The Labute approximate surface area is 198 Å². The number of amides is 1. The van der Waals surface area contributed by atoms with Gasteiger partial charge in [0.1, 0.15) is 11.7 Å². The normalized spacial score (nSPS) is 12.7. The van der Waals surface area contributed by atoms with Crippen LogP contribution in [-0.2, 0) is 14.9 Å². The van der Waals surface area contributed by atoms with Gasteiger partial charge in [-0.1, -0.05) is 48.5 Å². The van der Waals surface area contributed by atoms with E-state index in [1.165, 1.54) is 6.07 Å². The molecule has 32 heavy (non-hydrogen) atoms. The Morgan fingerprint density at radius 1 is 0.969 bits per heavy atom. The van der Waals surface area contributed by atoms with Gasteiger partial charge in [-0.2, -0.15) is 8.42 Å². The van der Waals surface area contributed by atoms with E-state index in [-0.39, 0.29) is 17.9 Å². The zero-order chi connectivity index (χ0) is 22.9. The van der Waals surface area contributed by atoms with Crippen molar-refractivity contribution in [3.63, 3.8) is 0 Å². The fourth-order valence-corrected chi connectivity index (χ4v) is 4.56. The monoisotopic (exact) mass is 563 g/mol. The van der Waals surface area contributed by atoms with Gasteiger partial charge in [-0.3, -0.25) is 14.1 Å². The molecule has 3 aromatic rings. The summed E-state index contributed by atoms with van der Waals surface area (Å²) < 4.78 is 37.1. The Bertz CT molecular complexity index is 1280. The van der Waals surface area contributed by atoms with E-state index in [9.17, 15) is 18.0 Å². The summed E-state index contributed by atoms with van der Waals surface area (Å²) >= 11 is 2.04. The van der Waals surface area contributed by atoms with E-state index in [0.717, 1.165) is 25.8 Å². The molecule has 0 spiro atoms. The summed E-state index contributed by atoms with van der Waals surface area (Å²) in [7, 11) is -4.21. The molecule has 1 aliphatic rings. The van der Waals surface area contributed by atoms with Gasteiger partial charge in [-0.15, -0.1) is 0 Å². The molecule has 9 heteroatoms. The van der Waals surface area contributed by atoms with Crippen LogP contribution in [0.5, 0.6) is 5.75 Å². The third kappa shape index (κ3) is 4.69. The SMILES string of the molecule is O=C(NCCS(=O)(=O)O)c1ccc(I)cc1OC(=O)C1c2ccccc2-c2ccccc21. The van der Waals surface area contributed by atoms with Gasteiger partial charge < -0.3 is 10.1 Å². The van der Waals surface area contributed by atoms with E-state index in [2.05, 4.69) is 5.32 Å². The standard InChI is InChI=1S/C23H18INO6S/c24-14-9-10-19(22(26)25-11-12-32(28,29)30)20(13-14)31-23(27)21-17-7-3-1-5-15(17)16-6-2-4-8-18(16)21/h1-10,13,21H,11-12H2,(H,25,26)(H,28,29,30). The summed E-state index contributed by atoms with van der Waals surface area (Å²) in [5.74, 6) is -2.30. The number of hydrogen-bond donors (Lipinski definition) is 2. The molecule has 0 atom stereocenters. The Morgan fingerprint density at radius 3 is 2.16 bits per heavy atom. The van der Waals surface area contributed by atoms with E-state index in [1.807, 2.05) is 71.1 Å². The van der Waals surface area contributed by atoms with E-state index in [0.29, 0.717) is 0 Å². The minimum Gasteiger partial charge on any atom is -0.425 e. The molecular formula is C23H18INO6S. The average molecular weight is 563 g/mol. The predicted octanol–water partition coefficient (Wildman–Crippen LogP) is 3.63. The topological polar surface area (TPSA) is 110 Å². The van der Waals surface area contributed by atoms with Gasteiger partial charge in [-0.05, 0) is 63.0 Å². The fraction of sp³-hybridized carbons (Fsp3) is 0.130. The van der Waals surface area contributed by atoms with Crippen molar-refractivity contribution in [3.05, 3.63) is 87.0 Å². The predicted molar refractivity (Wildman–Crippen MR) is 127 cm³/mol. The van der Waals surface area contributed by atoms with Crippen LogP contribution in [0, 0.1) is 3.57 Å². The van der Waals surface area contributed by atoms with Crippen LogP contribution in [0.2, 0.25) is 0 Å². The lowest BCUT2D eigenvalue weighted by Crippen LogP contribution is -2.29. The van der Waals surface area contributed by atoms with Crippen molar-refractivity contribution in [3.8, 4) is 16.9 Å². The molecule has 164 valence electrons. The second-order valence-electron chi connectivity index (χ2n) is 7.21. The number of esters is 1. The lowest BCUT2D eigenvalue weighted by molar-refractivity contribution is -0.135. The third-order valence-corrected chi connectivity index (χ3v) is 6.50. The summed E-state index contributed by atoms with van der Waals surface area (Å²) in [5, 5.41) is 2.42. The first kappa shape index (κ1) is 22.4. The second kappa shape index (κ2) is 9.00. The van der Waals surface area contributed by atoms with Crippen molar-refractivity contribution in [2.75, 3.05) is 12.3 Å². The lowest BCUT2D eigenvalue weighted by Gasteiger charge is -2.15. The first-order valence-electron chi connectivity index (χ1n) is 9.67. The number of hydrogen-bond acceptors (Lipinski definition) is 5. The highest BCUT2D eigenvalue weighted by molar-refractivity contribution is 14.1. The number of carbonyl (C=O) groups is 2. The number of halogens is 1. The number of nitrogens with one attached hydrogen (secondary N) is 1. The van der Waals surface area contributed by atoms with E-state index < -0.39 is 33.7 Å². The van der Waals surface area contributed by atoms with Crippen LogP contribution < -0.4 is 10.1 Å².